The van der Waals surface area contributed by atoms with Crippen LogP contribution in [0.2, 0.25) is 0 Å². The average molecular weight is 373 g/mol. The molecule has 3 rings (SSSR count). The summed E-state index contributed by atoms with van der Waals surface area (Å²) in [6.07, 6.45) is 2.27. The Hall–Kier alpha value is -1.32. The van der Waals surface area contributed by atoms with Gasteiger partial charge in [0.2, 0.25) is 11.7 Å². The summed E-state index contributed by atoms with van der Waals surface area (Å²) >= 11 is 3.38. The molecule has 9 heteroatoms. The number of rotatable bonds is 4. The van der Waals surface area contributed by atoms with Crippen molar-refractivity contribution >= 4 is 25.8 Å². The van der Waals surface area contributed by atoms with Crippen LogP contribution in [0.1, 0.15) is 12.3 Å². The molecule has 1 N–H and O–H groups in total. The monoisotopic (exact) mass is 372 g/mol. The van der Waals surface area contributed by atoms with Gasteiger partial charge in [-0.15, -0.1) is 0 Å². The Labute approximate surface area is 130 Å². The zero-order chi connectivity index (χ0) is 14.9. The number of hydrogen-bond acceptors (Lipinski definition) is 7. The van der Waals surface area contributed by atoms with Gasteiger partial charge in [-0.05, 0) is 34.5 Å². The van der Waals surface area contributed by atoms with E-state index >= 15 is 0 Å². The summed E-state index contributed by atoms with van der Waals surface area (Å²) in [4.78, 5) is 8.44. The Morgan fingerprint density at radius 1 is 1.48 bits per heavy atom. The molecule has 1 aliphatic heterocycles. The minimum atomic E-state index is -2.89. The standard InChI is InChI=1S/C12H13BrN4O3S/c13-9-2-1-4-14-11(9)12-16-10(20-17-12)6-15-8-3-5-21(18,19)7-8/h1-2,4,8,15H,3,5-7H2. The van der Waals surface area contributed by atoms with Gasteiger partial charge in [0.25, 0.3) is 0 Å². The molecule has 1 fully saturated rings. The first kappa shape index (κ1) is 14.6. The van der Waals surface area contributed by atoms with Crippen molar-refractivity contribution in [3.8, 4) is 11.5 Å². The lowest BCUT2D eigenvalue weighted by Gasteiger charge is -2.07. The lowest BCUT2D eigenvalue weighted by Crippen LogP contribution is -2.29. The molecular formula is C12H13BrN4O3S. The van der Waals surface area contributed by atoms with Crippen molar-refractivity contribution in [2.24, 2.45) is 0 Å². The van der Waals surface area contributed by atoms with Gasteiger partial charge < -0.3 is 9.84 Å². The van der Waals surface area contributed by atoms with Crippen molar-refractivity contribution in [1.82, 2.24) is 20.4 Å². The quantitative estimate of drug-likeness (QED) is 0.859. The summed E-state index contributed by atoms with van der Waals surface area (Å²) < 4.78 is 28.7. The van der Waals surface area contributed by atoms with Crippen molar-refractivity contribution in [2.75, 3.05) is 11.5 Å². The summed E-state index contributed by atoms with van der Waals surface area (Å²) in [6, 6.07) is 3.60. The molecule has 0 spiro atoms. The second-order valence-corrected chi connectivity index (χ2v) is 7.91. The molecule has 0 aromatic carbocycles. The van der Waals surface area contributed by atoms with Crippen molar-refractivity contribution < 1.29 is 12.9 Å². The molecule has 0 bridgehead atoms. The third-order valence-electron chi connectivity index (χ3n) is 3.21. The minimum absolute atomic E-state index is 0.0491. The number of hydrogen-bond donors (Lipinski definition) is 1. The molecule has 112 valence electrons. The smallest absolute Gasteiger partial charge is 0.240 e. The van der Waals surface area contributed by atoms with Crippen LogP contribution in [-0.4, -0.2) is 41.1 Å². The van der Waals surface area contributed by atoms with Gasteiger partial charge in [-0.1, -0.05) is 5.16 Å². The molecule has 0 aliphatic carbocycles. The largest absolute Gasteiger partial charge is 0.337 e. The molecule has 0 radical (unpaired) electrons. The summed E-state index contributed by atoms with van der Waals surface area (Å²) in [6.45, 7) is 0.345. The fraction of sp³-hybridized carbons (Fsp3) is 0.417. The number of nitrogens with zero attached hydrogens (tertiary/aromatic N) is 3. The van der Waals surface area contributed by atoms with Crippen LogP contribution in [0.5, 0.6) is 0 Å². The van der Waals surface area contributed by atoms with Gasteiger partial charge in [0.1, 0.15) is 5.69 Å². The van der Waals surface area contributed by atoms with Gasteiger partial charge in [0, 0.05) is 16.7 Å². The van der Waals surface area contributed by atoms with Gasteiger partial charge in [-0.25, -0.2) is 8.42 Å². The first-order valence-corrected chi connectivity index (χ1v) is 9.02. The predicted octanol–water partition coefficient (Wildman–Crippen LogP) is 1.17. The van der Waals surface area contributed by atoms with Crippen LogP contribution in [0.3, 0.4) is 0 Å². The lowest BCUT2D eigenvalue weighted by molar-refractivity contribution is 0.360. The maximum absolute atomic E-state index is 11.4. The summed E-state index contributed by atoms with van der Waals surface area (Å²) in [5.74, 6) is 1.21. The van der Waals surface area contributed by atoms with Crippen LogP contribution in [0.25, 0.3) is 11.5 Å². The van der Waals surface area contributed by atoms with Crippen molar-refractivity contribution in [3.05, 3.63) is 28.7 Å². The normalized spacial score (nSPS) is 20.7. The molecule has 1 atom stereocenters. The molecule has 1 aliphatic rings. The van der Waals surface area contributed by atoms with Crippen LogP contribution in [0, 0.1) is 0 Å². The zero-order valence-corrected chi connectivity index (χ0v) is 13.4. The van der Waals surface area contributed by atoms with Crippen LogP contribution < -0.4 is 5.32 Å². The summed E-state index contributed by atoms with van der Waals surface area (Å²) in [7, 11) is -2.89. The van der Waals surface area contributed by atoms with E-state index in [0.29, 0.717) is 30.4 Å². The molecule has 2 aromatic rings. The van der Waals surface area contributed by atoms with Crippen molar-refractivity contribution in [3.63, 3.8) is 0 Å². The van der Waals surface area contributed by atoms with Crippen LogP contribution in [-0.2, 0) is 16.4 Å². The molecule has 21 heavy (non-hydrogen) atoms. The molecule has 1 saturated heterocycles. The maximum Gasteiger partial charge on any atom is 0.240 e. The number of pyridine rings is 1. The van der Waals surface area contributed by atoms with Crippen molar-refractivity contribution in [1.29, 1.82) is 0 Å². The SMILES string of the molecule is O=S1(=O)CCC(NCc2nc(-c3ncccc3Br)no2)C1. The molecule has 7 nitrogen and oxygen atoms in total. The lowest BCUT2D eigenvalue weighted by atomic mass is 10.2. The Balaban J connectivity index is 1.65. The second kappa shape index (κ2) is 5.82. The average Bonchev–Trinajstić information content (AvgIpc) is 3.03. The topological polar surface area (TPSA) is 98.0 Å². The third kappa shape index (κ3) is 3.47. The molecular weight excluding hydrogens is 360 g/mol. The molecule has 0 amide bonds. The number of halogens is 1. The first-order chi connectivity index (χ1) is 10.0. The van der Waals surface area contributed by atoms with E-state index < -0.39 is 9.84 Å². The van der Waals surface area contributed by atoms with Crippen molar-refractivity contribution in [2.45, 2.75) is 19.0 Å². The molecule has 2 aromatic heterocycles. The number of sulfone groups is 1. The Morgan fingerprint density at radius 3 is 3.05 bits per heavy atom. The predicted molar refractivity (Wildman–Crippen MR) is 79.1 cm³/mol. The van der Waals surface area contributed by atoms with E-state index in [4.69, 9.17) is 4.52 Å². The van der Waals surface area contributed by atoms with Gasteiger partial charge >= 0.3 is 0 Å². The van der Waals surface area contributed by atoms with E-state index in [0.717, 1.165) is 4.47 Å². The van der Waals surface area contributed by atoms with E-state index in [9.17, 15) is 8.42 Å². The van der Waals surface area contributed by atoms with Crippen LogP contribution in [0.15, 0.2) is 27.3 Å². The van der Waals surface area contributed by atoms with Crippen LogP contribution >= 0.6 is 15.9 Å². The Morgan fingerprint density at radius 2 is 2.33 bits per heavy atom. The highest BCUT2D eigenvalue weighted by Gasteiger charge is 2.27. The molecule has 0 saturated carbocycles. The second-order valence-electron chi connectivity index (χ2n) is 4.83. The third-order valence-corrected chi connectivity index (χ3v) is 5.62. The Bertz CT molecular complexity index is 746. The van der Waals surface area contributed by atoms with Gasteiger partial charge in [-0.2, -0.15) is 4.98 Å². The number of nitrogens with one attached hydrogen (secondary N) is 1. The van der Waals surface area contributed by atoms with Crippen LogP contribution in [0.4, 0.5) is 0 Å². The Kier molecular flexibility index (Phi) is 4.05. The van der Waals surface area contributed by atoms with Gasteiger partial charge in [0.15, 0.2) is 9.84 Å². The van der Waals surface area contributed by atoms with Gasteiger partial charge in [-0.3, -0.25) is 4.98 Å². The zero-order valence-electron chi connectivity index (χ0n) is 11.0. The van der Waals surface area contributed by atoms with E-state index in [1.165, 1.54) is 0 Å². The molecule has 3 heterocycles. The van der Waals surface area contributed by atoms with E-state index in [2.05, 4.69) is 36.4 Å². The van der Waals surface area contributed by atoms with E-state index in [1.54, 1.807) is 12.3 Å². The highest BCUT2D eigenvalue weighted by molar-refractivity contribution is 9.10. The number of aromatic nitrogens is 3. The summed E-state index contributed by atoms with van der Waals surface area (Å²) in [5.41, 5.74) is 0.607. The minimum Gasteiger partial charge on any atom is -0.337 e. The molecule has 1 unspecified atom stereocenters. The fourth-order valence-corrected chi connectivity index (χ4v) is 4.30. The maximum atomic E-state index is 11.4. The van der Waals surface area contributed by atoms with E-state index in [1.807, 2.05) is 6.07 Å². The summed E-state index contributed by atoms with van der Waals surface area (Å²) in [5, 5.41) is 7.01. The first-order valence-electron chi connectivity index (χ1n) is 6.41. The highest BCUT2D eigenvalue weighted by atomic mass is 79.9. The highest BCUT2D eigenvalue weighted by Crippen LogP contribution is 2.22. The fourth-order valence-electron chi connectivity index (χ4n) is 2.16. The van der Waals surface area contributed by atoms with E-state index in [-0.39, 0.29) is 17.5 Å². The van der Waals surface area contributed by atoms with Gasteiger partial charge in [0.05, 0.1) is 18.1 Å².